The van der Waals surface area contributed by atoms with Gasteiger partial charge in [0.05, 0.1) is 26.8 Å². The number of benzene rings is 10. The molecule has 0 radical (unpaired) electrons. The molecule has 5 heteroatoms. The molecule has 1 spiro atoms. The molecule has 0 N–H and O–H groups in total. The SMILES string of the molecule is c1ccc2c(c1)Oc1c(ccc3c4ccccc4n(-c4nc(-c5ccc6c7ccccc7c7ccccc7c6c5)c5sc6ccccc6c5n4)c13)C21c2ccccc2-c2ccccc21. The molecule has 10 aromatic carbocycles. The molecule has 1 aliphatic heterocycles. The highest BCUT2D eigenvalue weighted by Gasteiger charge is 2.51. The number of para-hydroxylation sites is 2. The molecule has 1 aliphatic carbocycles. The van der Waals surface area contributed by atoms with E-state index in [1.54, 1.807) is 11.3 Å². The number of hydrogen-bond acceptors (Lipinski definition) is 4. The number of hydrogen-bond donors (Lipinski definition) is 0. The predicted molar refractivity (Wildman–Crippen MR) is 265 cm³/mol. The molecule has 296 valence electrons. The van der Waals surface area contributed by atoms with Crippen molar-refractivity contribution in [2.24, 2.45) is 0 Å². The van der Waals surface area contributed by atoms with Crippen LogP contribution in [0.5, 0.6) is 11.5 Å². The van der Waals surface area contributed by atoms with Crippen LogP contribution in [0.2, 0.25) is 0 Å². The fraction of sp³-hybridized carbons (Fsp3) is 0.0169. The van der Waals surface area contributed by atoms with Gasteiger partial charge in [-0.05, 0) is 78.8 Å². The standard InChI is InChI=1S/C59H33N3OS/c1-2-17-37-35(15-1)36-16-3-4-18-38(36)45-33-34(29-30-39(37)45)53-57-54(44-22-8-14-28-52(44)64-57)61-58(60-53)62-50-26-12-7-21-42(50)43-31-32-49-56(55(43)62)63-51-27-13-11-25-48(51)59(49)46-23-9-5-19-40(46)41-20-6-10-24-47(41)59/h1-33H. The molecule has 4 heterocycles. The quantitative estimate of drug-likeness (QED) is 0.163. The van der Waals surface area contributed by atoms with Gasteiger partial charge in [-0.15, -0.1) is 11.3 Å². The van der Waals surface area contributed by atoms with Crippen molar-refractivity contribution in [2.45, 2.75) is 5.41 Å². The smallest absolute Gasteiger partial charge is 0.236 e. The van der Waals surface area contributed by atoms with Gasteiger partial charge in [0, 0.05) is 37.5 Å². The Kier molecular flexibility index (Phi) is 6.73. The molecule has 2 aliphatic rings. The second-order valence-corrected chi connectivity index (χ2v) is 18.2. The van der Waals surface area contributed by atoms with E-state index in [9.17, 15) is 0 Å². The van der Waals surface area contributed by atoms with Crippen LogP contribution in [0, 0.1) is 0 Å². The summed E-state index contributed by atoms with van der Waals surface area (Å²) in [5.74, 6) is 2.28. The van der Waals surface area contributed by atoms with Crippen molar-refractivity contribution in [2.75, 3.05) is 0 Å². The van der Waals surface area contributed by atoms with Gasteiger partial charge in [-0.3, -0.25) is 4.57 Å². The van der Waals surface area contributed by atoms with Gasteiger partial charge < -0.3 is 4.74 Å². The number of fused-ring (bicyclic) bond motifs is 22. The first kappa shape index (κ1) is 34.5. The zero-order valence-electron chi connectivity index (χ0n) is 34.2. The molecular weight excluding hydrogens is 799 g/mol. The van der Waals surface area contributed by atoms with Gasteiger partial charge in [0.15, 0.2) is 5.75 Å². The Balaban J connectivity index is 1.07. The Labute approximate surface area is 370 Å². The van der Waals surface area contributed by atoms with Crippen LogP contribution in [0.25, 0.3) is 103 Å². The van der Waals surface area contributed by atoms with E-state index in [0.717, 1.165) is 71.3 Å². The van der Waals surface area contributed by atoms with Crippen LogP contribution >= 0.6 is 11.3 Å². The van der Waals surface area contributed by atoms with Crippen LogP contribution in [0.4, 0.5) is 0 Å². The third-order valence-corrected chi connectivity index (χ3v) is 15.2. The van der Waals surface area contributed by atoms with E-state index in [-0.39, 0.29) is 0 Å². The Morgan fingerprint density at radius 1 is 0.438 bits per heavy atom. The molecule has 0 amide bonds. The fourth-order valence-corrected chi connectivity index (χ4v) is 12.7. The Morgan fingerprint density at radius 3 is 1.73 bits per heavy atom. The van der Waals surface area contributed by atoms with Crippen LogP contribution in [0.1, 0.15) is 22.3 Å². The highest BCUT2D eigenvalue weighted by molar-refractivity contribution is 7.26. The normalized spacial score (nSPS) is 13.6. The van der Waals surface area contributed by atoms with Gasteiger partial charge in [-0.25, -0.2) is 9.97 Å². The van der Waals surface area contributed by atoms with E-state index in [1.165, 1.54) is 59.3 Å². The second kappa shape index (κ2) is 12.5. The summed E-state index contributed by atoms with van der Waals surface area (Å²) in [6.07, 6.45) is 0. The molecule has 15 rings (SSSR count). The maximum Gasteiger partial charge on any atom is 0.236 e. The Hall–Kier alpha value is -8.12. The maximum atomic E-state index is 7.31. The van der Waals surface area contributed by atoms with E-state index >= 15 is 0 Å². The van der Waals surface area contributed by atoms with Crippen LogP contribution in [-0.2, 0) is 5.41 Å². The largest absolute Gasteiger partial charge is 0.454 e. The number of rotatable bonds is 2. The lowest BCUT2D eigenvalue weighted by atomic mass is 9.66. The Morgan fingerprint density at radius 2 is 1.00 bits per heavy atom. The lowest BCUT2D eigenvalue weighted by molar-refractivity contribution is 0.440. The minimum Gasteiger partial charge on any atom is -0.454 e. The summed E-state index contributed by atoms with van der Waals surface area (Å²) in [6, 6.07) is 72.7. The third-order valence-electron chi connectivity index (χ3n) is 14.1. The summed E-state index contributed by atoms with van der Waals surface area (Å²) in [7, 11) is 0. The van der Waals surface area contributed by atoms with Crippen LogP contribution in [0.15, 0.2) is 200 Å². The predicted octanol–water partition coefficient (Wildman–Crippen LogP) is 15.5. The summed E-state index contributed by atoms with van der Waals surface area (Å²) in [5.41, 5.74) is 11.6. The Bertz CT molecular complexity index is 4120. The van der Waals surface area contributed by atoms with Crippen LogP contribution < -0.4 is 4.74 Å². The molecule has 0 atom stereocenters. The zero-order chi connectivity index (χ0) is 41.7. The molecule has 3 aromatic heterocycles. The van der Waals surface area contributed by atoms with Crippen molar-refractivity contribution in [3.8, 4) is 39.8 Å². The van der Waals surface area contributed by atoms with E-state index < -0.39 is 5.41 Å². The van der Waals surface area contributed by atoms with Gasteiger partial charge in [0.25, 0.3) is 0 Å². The van der Waals surface area contributed by atoms with E-state index in [2.05, 4.69) is 205 Å². The van der Waals surface area contributed by atoms with Crippen LogP contribution in [0.3, 0.4) is 0 Å². The molecule has 13 aromatic rings. The highest BCUT2D eigenvalue weighted by atomic mass is 32.1. The van der Waals surface area contributed by atoms with Crippen molar-refractivity contribution in [3.63, 3.8) is 0 Å². The van der Waals surface area contributed by atoms with Crippen molar-refractivity contribution in [3.05, 3.63) is 222 Å². The zero-order valence-corrected chi connectivity index (χ0v) is 35.0. The lowest BCUT2D eigenvalue weighted by Crippen LogP contribution is -2.32. The molecule has 0 bridgehead atoms. The molecule has 0 unspecified atom stereocenters. The fourth-order valence-electron chi connectivity index (χ4n) is 11.5. The highest BCUT2D eigenvalue weighted by Crippen LogP contribution is 2.63. The van der Waals surface area contributed by atoms with Gasteiger partial charge in [0.2, 0.25) is 5.95 Å². The molecule has 64 heavy (non-hydrogen) atoms. The second-order valence-electron chi connectivity index (χ2n) is 17.1. The van der Waals surface area contributed by atoms with Crippen molar-refractivity contribution in [1.29, 1.82) is 0 Å². The molecule has 4 nitrogen and oxygen atoms in total. The summed E-state index contributed by atoms with van der Waals surface area (Å²) in [6.45, 7) is 0. The third kappa shape index (κ3) is 4.31. The average Bonchev–Trinajstić information content (AvgIpc) is 4.01. The van der Waals surface area contributed by atoms with Gasteiger partial charge in [0.1, 0.15) is 11.3 Å². The first-order chi connectivity index (χ1) is 31.8. The number of ether oxygens (including phenoxy) is 1. The van der Waals surface area contributed by atoms with E-state index in [1.807, 2.05) is 0 Å². The topological polar surface area (TPSA) is 39.9 Å². The maximum absolute atomic E-state index is 7.31. The number of thiophene rings is 1. The monoisotopic (exact) mass is 831 g/mol. The summed E-state index contributed by atoms with van der Waals surface area (Å²) >= 11 is 1.76. The molecule has 0 saturated carbocycles. The van der Waals surface area contributed by atoms with E-state index in [4.69, 9.17) is 14.7 Å². The summed E-state index contributed by atoms with van der Waals surface area (Å²) < 4.78 is 11.8. The summed E-state index contributed by atoms with van der Waals surface area (Å²) in [4.78, 5) is 11.3. The minimum absolute atomic E-state index is 0.607. The van der Waals surface area contributed by atoms with Gasteiger partial charge in [-0.1, -0.05) is 176 Å². The van der Waals surface area contributed by atoms with E-state index in [0.29, 0.717) is 5.95 Å². The first-order valence-electron chi connectivity index (χ1n) is 21.8. The van der Waals surface area contributed by atoms with Crippen molar-refractivity contribution in [1.82, 2.24) is 14.5 Å². The van der Waals surface area contributed by atoms with Crippen LogP contribution in [-0.4, -0.2) is 14.5 Å². The molecule has 0 fully saturated rings. The number of aromatic nitrogens is 3. The van der Waals surface area contributed by atoms with Crippen molar-refractivity contribution >= 4 is 85.8 Å². The minimum atomic E-state index is -0.607. The summed E-state index contributed by atoms with van der Waals surface area (Å²) in [5, 5.41) is 10.8. The first-order valence-corrected chi connectivity index (χ1v) is 22.6. The van der Waals surface area contributed by atoms with Gasteiger partial charge in [-0.2, -0.15) is 0 Å². The van der Waals surface area contributed by atoms with Gasteiger partial charge >= 0.3 is 0 Å². The molecular formula is C59H33N3OS. The van der Waals surface area contributed by atoms with Crippen molar-refractivity contribution < 1.29 is 4.74 Å². The lowest BCUT2D eigenvalue weighted by Gasteiger charge is -2.39. The average molecular weight is 832 g/mol. The molecule has 0 saturated heterocycles. The number of nitrogens with zero attached hydrogens (tertiary/aromatic N) is 3.